The quantitative estimate of drug-likeness (QED) is 0.193. The van der Waals surface area contributed by atoms with Crippen molar-refractivity contribution in [2.75, 3.05) is 12.0 Å². The van der Waals surface area contributed by atoms with Crippen LogP contribution in [0.4, 0.5) is 4.39 Å². The fourth-order valence-electron chi connectivity index (χ4n) is 4.38. The van der Waals surface area contributed by atoms with Crippen molar-refractivity contribution in [3.05, 3.63) is 105 Å². The lowest BCUT2D eigenvalue weighted by molar-refractivity contribution is -0.139. The van der Waals surface area contributed by atoms with Crippen molar-refractivity contribution in [1.82, 2.24) is 19.9 Å². The standard InChI is InChI=1S/C30H33FN4O4S2/c1-35-19-32-17-24(35)16-27(29-33-12-14-41-29)39-18-21-4-8-22(7-3-20-5-9-23(31)10-6-20)25(15-21)28(36)34-26(30(37)38)11-13-40-2/h4-6,8-10,12,14-15,17,19,26-27H,3,7,11,13,16,18H2,1-2H3,(H,34,36)(H,37,38)/t26-,27?/m0/s1. The fraction of sp³-hybridized carbons (Fsp3) is 0.333. The lowest BCUT2D eigenvalue weighted by Gasteiger charge is -2.19. The van der Waals surface area contributed by atoms with Crippen molar-refractivity contribution < 1.29 is 23.8 Å². The van der Waals surface area contributed by atoms with Crippen molar-refractivity contribution in [3.63, 3.8) is 0 Å². The summed E-state index contributed by atoms with van der Waals surface area (Å²) in [7, 11) is 1.93. The van der Waals surface area contributed by atoms with E-state index in [0.29, 0.717) is 37.0 Å². The molecule has 0 aliphatic heterocycles. The monoisotopic (exact) mass is 596 g/mol. The Bertz CT molecular complexity index is 1430. The average molecular weight is 597 g/mol. The minimum Gasteiger partial charge on any atom is -0.480 e. The normalized spacial score (nSPS) is 12.7. The van der Waals surface area contributed by atoms with E-state index in [2.05, 4.69) is 15.3 Å². The number of nitrogens with one attached hydrogen (secondary N) is 1. The van der Waals surface area contributed by atoms with Crippen molar-refractivity contribution in [3.8, 4) is 0 Å². The molecule has 216 valence electrons. The van der Waals surface area contributed by atoms with Gasteiger partial charge in [0.05, 0.1) is 12.9 Å². The highest BCUT2D eigenvalue weighted by Gasteiger charge is 2.23. The van der Waals surface area contributed by atoms with Crippen molar-refractivity contribution in [2.45, 2.75) is 44.4 Å². The molecule has 41 heavy (non-hydrogen) atoms. The molecule has 0 radical (unpaired) electrons. The molecule has 2 N–H and O–H groups in total. The number of aliphatic carboxylic acids is 1. The summed E-state index contributed by atoms with van der Waals surface area (Å²) in [5.74, 6) is -1.21. The number of aromatic nitrogens is 3. The first-order valence-electron chi connectivity index (χ1n) is 13.2. The van der Waals surface area contributed by atoms with Gasteiger partial charge in [-0.25, -0.2) is 19.2 Å². The van der Waals surface area contributed by atoms with E-state index in [1.807, 2.05) is 35.4 Å². The summed E-state index contributed by atoms with van der Waals surface area (Å²) in [6.45, 7) is 0.232. The highest BCUT2D eigenvalue weighted by Crippen LogP contribution is 2.26. The Kier molecular flexibility index (Phi) is 11.1. The largest absolute Gasteiger partial charge is 0.480 e. The third-order valence-corrected chi connectivity index (χ3v) is 8.23. The summed E-state index contributed by atoms with van der Waals surface area (Å²) in [6, 6.07) is 10.9. The number of aryl methyl sites for hydroxylation is 3. The maximum absolute atomic E-state index is 13.4. The first-order chi connectivity index (χ1) is 19.8. The van der Waals surface area contributed by atoms with Crippen molar-refractivity contribution >= 4 is 35.0 Å². The van der Waals surface area contributed by atoms with Gasteiger partial charge in [-0.05, 0) is 66.2 Å². The highest BCUT2D eigenvalue weighted by atomic mass is 32.2. The smallest absolute Gasteiger partial charge is 0.326 e. The van der Waals surface area contributed by atoms with E-state index in [1.165, 1.54) is 35.2 Å². The van der Waals surface area contributed by atoms with E-state index in [1.54, 1.807) is 36.9 Å². The zero-order chi connectivity index (χ0) is 29.2. The lowest BCUT2D eigenvalue weighted by atomic mass is 9.97. The summed E-state index contributed by atoms with van der Waals surface area (Å²) in [6.07, 6.45) is 8.92. The Morgan fingerprint density at radius 1 is 1.17 bits per heavy atom. The average Bonchev–Trinajstić information content (AvgIpc) is 3.65. The highest BCUT2D eigenvalue weighted by molar-refractivity contribution is 7.98. The number of rotatable bonds is 15. The number of carboxylic acids is 1. The van der Waals surface area contributed by atoms with Crippen LogP contribution in [0.1, 0.15) is 50.3 Å². The van der Waals surface area contributed by atoms with Gasteiger partial charge in [0.2, 0.25) is 0 Å². The van der Waals surface area contributed by atoms with E-state index < -0.39 is 17.9 Å². The van der Waals surface area contributed by atoms with Gasteiger partial charge >= 0.3 is 5.97 Å². The molecule has 0 aliphatic carbocycles. The van der Waals surface area contributed by atoms with Gasteiger partial charge < -0.3 is 19.7 Å². The van der Waals surface area contributed by atoms with Crippen LogP contribution in [0.2, 0.25) is 0 Å². The third-order valence-electron chi connectivity index (χ3n) is 6.72. The van der Waals surface area contributed by atoms with Crippen LogP contribution < -0.4 is 5.32 Å². The molecule has 11 heteroatoms. The molecule has 1 amide bonds. The molecule has 4 aromatic rings. The van der Waals surface area contributed by atoms with E-state index in [-0.39, 0.29) is 18.5 Å². The first-order valence-corrected chi connectivity index (χ1v) is 15.5. The number of imidazole rings is 1. The number of carboxylic acid groups (broad SMARTS) is 1. The van der Waals surface area contributed by atoms with Crippen molar-refractivity contribution in [2.24, 2.45) is 7.05 Å². The number of thioether (sulfide) groups is 1. The summed E-state index contributed by atoms with van der Waals surface area (Å²) in [5, 5.41) is 15.1. The molecule has 1 unspecified atom stereocenters. The summed E-state index contributed by atoms with van der Waals surface area (Å²) >= 11 is 3.04. The number of halogens is 1. The fourth-order valence-corrected chi connectivity index (χ4v) is 5.54. The number of hydrogen-bond donors (Lipinski definition) is 2. The Hall–Kier alpha value is -3.54. The van der Waals surface area contributed by atoms with Gasteiger partial charge in [-0.1, -0.05) is 24.3 Å². The Labute approximate surface area is 247 Å². The molecule has 0 saturated heterocycles. The zero-order valence-corrected chi connectivity index (χ0v) is 24.6. The summed E-state index contributed by atoms with van der Waals surface area (Å²) < 4.78 is 21.6. The minimum atomic E-state index is -1.07. The topological polar surface area (TPSA) is 106 Å². The molecular formula is C30H33FN4O4S2. The van der Waals surface area contributed by atoms with Crippen LogP contribution in [0.3, 0.4) is 0 Å². The number of benzene rings is 2. The molecular weight excluding hydrogens is 563 g/mol. The summed E-state index contributed by atoms with van der Waals surface area (Å²) in [5.41, 5.74) is 3.90. The van der Waals surface area contributed by atoms with Crippen LogP contribution in [0, 0.1) is 5.82 Å². The number of nitrogens with zero attached hydrogens (tertiary/aromatic N) is 3. The minimum absolute atomic E-state index is 0.232. The number of ether oxygens (including phenoxy) is 1. The van der Waals surface area contributed by atoms with Crippen LogP contribution in [0.15, 0.2) is 66.6 Å². The number of amides is 1. The van der Waals surface area contributed by atoms with Gasteiger partial charge in [-0.15, -0.1) is 11.3 Å². The van der Waals surface area contributed by atoms with E-state index in [0.717, 1.165) is 27.4 Å². The molecule has 0 spiro atoms. The molecule has 2 aromatic heterocycles. The molecule has 4 rings (SSSR count). The predicted octanol–water partition coefficient (Wildman–Crippen LogP) is 5.24. The van der Waals surface area contributed by atoms with E-state index in [9.17, 15) is 19.1 Å². The van der Waals surface area contributed by atoms with Gasteiger partial charge in [0, 0.05) is 42.5 Å². The second-order valence-corrected chi connectivity index (χ2v) is 11.5. The maximum Gasteiger partial charge on any atom is 0.326 e. The molecule has 0 saturated carbocycles. The third kappa shape index (κ3) is 8.72. The number of carbonyl (C=O) groups excluding carboxylic acids is 1. The molecule has 2 aromatic carbocycles. The molecule has 0 bridgehead atoms. The van der Waals surface area contributed by atoms with Crippen LogP contribution in [0.25, 0.3) is 0 Å². The molecule has 2 heterocycles. The Morgan fingerprint density at radius 3 is 2.61 bits per heavy atom. The maximum atomic E-state index is 13.4. The predicted molar refractivity (Wildman–Crippen MR) is 159 cm³/mol. The van der Waals surface area contributed by atoms with Gasteiger partial charge in [-0.2, -0.15) is 11.8 Å². The van der Waals surface area contributed by atoms with Crippen LogP contribution in [-0.2, 0) is 42.4 Å². The number of carbonyl (C=O) groups is 2. The van der Waals surface area contributed by atoms with Gasteiger partial charge in [0.1, 0.15) is 23.0 Å². The SMILES string of the molecule is CSCC[C@H](NC(=O)c1cc(COC(Cc2cncn2C)c2nccs2)ccc1CCc1ccc(F)cc1)C(=O)O. The zero-order valence-electron chi connectivity index (χ0n) is 23.0. The summed E-state index contributed by atoms with van der Waals surface area (Å²) in [4.78, 5) is 33.9. The second-order valence-electron chi connectivity index (χ2n) is 9.63. The number of thiazole rings is 1. The Morgan fingerprint density at radius 2 is 1.95 bits per heavy atom. The van der Waals surface area contributed by atoms with Crippen LogP contribution in [0.5, 0.6) is 0 Å². The lowest BCUT2D eigenvalue weighted by Crippen LogP contribution is -2.41. The molecule has 2 atom stereocenters. The van der Waals surface area contributed by atoms with Gasteiger partial charge in [-0.3, -0.25) is 4.79 Å². The van der Waals surface area contributed by atoms with E-state index >= 15 is 0 Å². The molecule has 8 nitrogen and oxygen atoms in total. The van der Waals surface area contributed by atoms with Crippen molar-refractivity contribution in [1.29, 1.82) is 0 Å². The van der Waals surface area contributed by atoms with E-state index in [4.69, 9.17) is 4.74 Å². The van der Waals surface area contributed by atoms with Crippen LogP contribution in [-0.4, -0.2) is 49.6 Å². The van der Waals surface area contributed by atoms with Gasteiger partial charge in [0.25, 0.3) is 5.91 Å². The van der Waals surface area contributed by atoms with Crippen LogP contribution >= 0.6 is 23.1 Å². The molecule has 0 fully saturated rings. The second kappa shape index (κ2) is 14.9. The first kappa shape index (κ1) is 30.4. The Balaban J connectivity index is 1.55. The molecule has 0 aliphatic rings. The van der Waals surface area contributed by atoms with Gasteiger partial charge in [0.15, 0.2) is 0 Å². The number of hydrogen-bond acceptors (Lipinski definition) is 7.